The Kier molecular flexibility index (Phi) is 8.57. The fourth-order valence-corrected chi connectivity index (χ4v) is 3.79. The quantitative estimate of drug-likeness (QED) is 0.503. The molecule has 1 amide bonds. The number of nitrogens with one attached hydrogen (secondary N) is 2. The summed E-state index contributed by atoms with van der Waals surface area (Å²) in [6.45, 7) is 6.98. The van der Waals surface area contributed by atoms with Gasteiger partial charge in [0.05, 0.1) is 13.2 Å². The molecule has 196 valence electrons. The summed E-state index contributed by atoms with van der Waals surface area (Å²) in [7, 11) is 0. The van der Waals surface area contributed by atoms with E-state index in [1.54, 1.807) is 6.07 Å². The van der Waals surface area contributed by atoms with Gasteiger partial charge in [-0.3, -0.25) is 15.1 Å². The van der Waals surface area contributed by atoms with Crippen molar-refractivity contribution < 1.29 is 27.4 Å². The van der Waals surface area contributed by atoms with Gasteiger partial charge >= 0.3 is 6.30 Å². The second-order valence-electron chi connectivity index (χ2n) is 8.50. The van der Waals surface area contributed by atoms with E-state index in [-0.39, 0.29) is 11.7 Å². The lowest BCUT2D eigenvalue weighted by Gasteiger charge is -2.33. The molecule has 2 aromatic heterocycles. The maximum atomic E-state index is 11.7. The summed E-state index contributed by atoms with van der Waals surface area (Å²) in [6, 6.07) is 13.4. The number of benzene rings is 1. The van der Waals surface area contributed by atoms with E-state index < -0.39 is 12.2 Å². The molecule has 0 unspecified atom stereocenters. The van der Waals surface area contributed by atoms with E-state index in [0.717, 1.165) is 67.2 Å². The van der Waals surface area contributed by atoms with Gasteiger partial charge in [0, 0.05) is 61.0 Å². The van der Waals surface area contributed by atoms with Crippen LogP contribution in [-0.4, -0.2) is 67.7 Å². The molecule has 4 heterocycles. The zero-order chi connectivity index (χ0) is 26.3. The molecule has 0 bridgehead atoms. The summed E-state index contributed by atoms with van der Waals surface area (Å²) in [5.74, 6) is -0.429. The smallest absolute Gasteiger partial charge is 0.470 e. The average Bonchev–Trinajstić information content (AvgIpc) is 2.87. The van der Waals surface area contributed by atoms with Gasteiger partial charge < -0.3 is 19.7 Å². The Morgan fingerprint density at radius 3 is 2.46 bits per heavy atom. The fraction of sp³-hybridized carbons (Fsp3) is 0.346. The molecule has 2 aliphatic heterocycles. The number of anilines is 1. The molecule has 2 N–H and O–H groups in total. The molecule has 3 aromatic rings. The first-order chi connectivity index (χ1) is 17.8. The molecule has 2 saturated heterocycles. The zero-order valence-corrected chi connectivity index (χ0v) is 20.3. The molecule has 2 fully saturated rings. The lowest BCUT2D eigenvalue weighted by molar-refractivity contribution is -0.146. The molecule has 0 radical (unpaired) electrons. The van der Waals surface area contributed by atoms with E-state index in [4.69, 9.17) is 9.47 Å². The number of hydrogen-bond donors (Lipinski definition) is 2. The van der Waals surface area contributed by atoms with E-state index in [2.05, 4.69) is 32.3 Å². The number of carbonyl (C=O) groups is 1. The first kappa shape index (κ1) is 26.4. The second kappa shape index (κ2) is 12.0. The molecular formula is C26H28F3N5O3. The predicted octanol–water partition coefficient (Wildman–Crippen LogP) is 3.58. The molecule has 2 aliphatic rings. The SMILES string of the molecule is Cc1ncccc1-c1cnc(OC2CNC2)c(N2CCOCC2)c1.O=C(NC(F)(F)F)c1ccccc1. The second-order valence-corrected chi connectivity index (χ2v) is 8.50. The van der Waals surface area contributed by atoms with Gasteiger partial charge in [-0.05, 0) is 31.2 Å². The summed E-state index contributed by atoms with van der Waals surface area (Å²) >= 11 is 0. The van der Waals surface area contributed by atoms with Gasteiger partial charge in [0.2, 0.25) is 5.88 Å². The van der Waals surface area contributed by atoms with Crippen molar-refractivity contribution in [2.75, 3.05) is 44.3 Å². The summed E-state index contributed by atoms with van der Waals surface area (Å²) in [4.78, 5) is 22.2. The molecule has 0 atom stereocenters. The largest absolute Gasteiger partial charge is 0.484 e. The number of carbonyl (C=O) groups excluding carboxylic acids is 1. The number of aromatic nitrogens is 2. The predicted molar refractivity (Wildman–Crippen MR) is 132 cm³/mol. The van der Waals surface area contributed by atoms with E-state index in [1.807, 2.05) is 25.4 Å². The molecule has 1 aromatic carbocycles. The van der Waals surface area contributed by atoms with Crippen LogP contribution < -0.4 is 20.3 Å². The topological polar surface area (TPSA) is 88.6 Å². The Balaban J connectivity index is 0.000000209. The number of morpholine rings is 1. The van der Waals surface area contributed by atoms with Gasteiger partial charge in [0.1, 0.15) is 11.8 Å². The van der Waals surface area contributed by atoms with Gasteiger partial charge in [-0.15, -0.1) is 0 Å². The molecule has 0 spiro atoms. The first-order valence-corrected chi connectivity index (χ1v) is 11.9. The summed E-state index contributed by atoms with van der Waals surface area (Å²) in [6.07, 6.45) is -0.762. The Bertz CT molecular complexity index is 1180. The lowest BCUT2D eigenvalue weighted by atomic mass is 10.1. The molecule has 11 heteroatoms. The first-order valence-electron chi connectivity index (χ1n) is 11.9. The van der Waals surface area contributed by atoms with Crippen LogP contribution in [0.1, 0.15) is 16.1 Å². The van der Waals surface area contributed by atoms with Crippen molar-refractivity contribution in [3.8, 4) is 17.0 Å². The number of alkyl halides is 3. The van der Waals surface area contributed by atoms with Crippen LogP contribution in [0.4, 0.5) is 18.9 Å². The summed E-state index contributed by atoms with van der Waals surface area (Å²) in [5, 5.41) is 4.13. The van der Waals surface area contributed by atoms with Crippen molar-refractivity contribution in [2.45, 2.75) is 19.3 Å². The number of nitrogens with zero attached hydrogens (tertiary/aromatic N) is 3. The van der Waals surface area contributed by atoms with E-state index in [1.165, 1.54) is 24.3 Å². The van der Waals surface area contributed by atoms with Crippen LogP contribution in [-0.2, 0) is 4.74 Å². The van der Waals surface area contributed by atoms with E-state index >= 15 is 0 Å². The highest BCUT2D eigenvalue weighted by Crippen LogP contribution is 2.33. The van der Waals surface area contributed by atoms with E-state index in [9.17, 15) is 18.0 Å². The average molecular weight is 516 g/mol. The van der Waals surface area contributed by atoms with Crippen LogP contribution in [0, 0.1) is 6.92 Å². The number of hydrogen-bond acceptors (Lipinski definition) is 7. The highest BCUT2D eigenvalue weighted by molar-refractivity contribution is 5.94. The Morgan fingerprint density at radius 2 is 1.84 bits per heavy atom. The Morgan fingerprint density at radius 1 is 1.11 bits per heavy atom. The molecular weight excluding hydrogens is 487 g/mol. The van der Waals surface area contributed by atoms with Crippen molar-refractivity contribution in [3.05, 3.63) is 72.2 Å². The van der Waals surface area contributed by atoms with Crippen molar-refractivity contribution in [3.63, 3.8) is 0 Å². The van der Waals surface area contributed by atoms with Gasteiger partial charge in [-0.2, -0.15) is 13.2 Å². The molecule has 8 nitrogen and oxygen atoms in total. The number of amides is 1. The summed E-state index contributed by atoms with van der Waals surface area (Å²) < 4.78 is 46.5. The Hall–Kier alpha value is -3.70. The maximum absolute atomic E-state index is 11.7. The minimum absolute atomic E-state index is 0.0141. The van der Waals surface area contributed by atoms with Crippen LogP contribution in [0.3, 0.4) is 0 Å². The molecule has 0 saturated carbocycles. The minimum atomic E-state index is -4.67. The van der Waals surface area contributed by atoms with Crippen molar-refractivity contribution in [1.29, 1.82) is 0 Å². The van der Waals surface area contributed by atoms with Crippen LogP contribution in [0.25, 0.3) is 11.1 Å². The monoisotopic (exact) mass is 515 g/mol. The van der Waals surface area contributed by atoms with Gasteiger partial charge in [0.15, 0.2) is 0 Å². The normalized spacial score (nSPS) is 15.7. The van der Waals surface area contributed by atoms with Crippen molar-refractivity contribution in [1.82, 2.24) is 20.6 Å². The molecule has 37 heavy (non-hydrogen) atoms. The number of pyridine rings is 2. The number of ether oxygens (including phenoxy) is 2. The van der Waals surface area contributed by atoms with Crippen LogP contribution >= 0.6 is 0 Å². The number of halogens is 3. The molecule has 0 aliphatic carbocycles. The van der Waals surface area contributed by atoms with Crippen molar-refractivity contribution >= 4 is 11.6 Å². The highest BCUT2D eigenvalue weighted by Gasteiger charge is 2.30. The number of rotatable bonds is 5. The third-order valence-corrected chi connectivity index (χ3v) is 5.82. The lowest BCUT2D eigenvalue weighted by Crippen LogP contribution is -2.50. The minimum Gasteiger partial charge on any atom is -0.470 e. The third-order valence-electron chi connectivity index (χ3n) is 5.82. The molecule has 5 rings (SSSR count). The number of aryl methyl sites for hydroxylation is 1. The van der Waals surface area contributed by atoms with E-state index in [0.29, 0.717) is 5.88 Å². The zero-order valence-electron chi connectivity index (χ0n) is 20.3. The van der Waals surface area contributed by atoms with Gasteiger partial charge in [-0.25, -0.2) is 4.98 Å². The van der Waals surface area contributed by atoms with Gasteiger partial charge in [-0.1, -0.05) is 24.3 Å². The summed E-state index contributed by atoms with van der Waals surface area (Å²) in [5.41, 5.74) is 4.22. The maximum Gasteiger partial charge on any atom is 0.484 e. The third kappa shape index (κ3) is 7.40. The van der Waals surface area contributed by atoms with Gasteiger partial charge in [0.25, 0.3) is 5.91 Å². The van der Waals surface area contributed by atoms with Crippen LogP contribution in [0.15, 0.2) is 60.9 Å². The standard InChI is InChI=1S/C18H22N4O2.C8H6F3NO/c1-13-16(3-2-4-20-13)14-9-17(22-5-7-23-8-6-22)18(21-10-14)24-15-11-19-12-15;9-8(10,11)12-7(13)6-4-2-1-3-5-6/h2-4,9-10,15,19H,5-8,11-12H2,1H3;1-5H,(H,12,13). The Labute approximate surface area is 212 Å². The van der Waals surface area contributed by atoms with Crippen molar-refractivity contribution in [2.24, 2.45) is 0 Å². The highest BCUT2D eigenvalue weighted by atomic mass is 19.4. The fourth-order valence-electron chi connectivity index (χ4n) is 3.79. The van der Waals surface area contributed by atoms with Crippen LogP contribution in [0.2, 0.25) is 0 Å². The van der Waals surface area contributed by atoms with Crippen LogP contribution in [0.5, 0.6) is 5.88 Å².